The number of benzene rings is 1. The molecule has 0 aromatic heterocycles. The minimum absolute atomic E-state index is 0.0328. The highest BCUT2D eigenvalue weighted by Gasteiger charge is 2.38. The maximum absolute atomic E-state index is 11.9. The summed E-state index contributed by atoms with van der Waals surface area (Å²) in [5.41, 5.74) is 1.44. The van der Waals surface area contributed by atoms with Crippen molar-refractivity contribution in [2.24, 2.45) is 0 Å². The second-order valence-electron chi connectivity index (χ2n) is 5.05. The molecule has 1 atom stereocenters. The molecule has 4 heteroatoms. The lowest BCUT2D eigenvalue weighted by Gasteiger charge is -2.35. The fraction of sp³-hybridized carbons (Fsp3) is 0.438. The second-order valence-corrected chi connectivity index (χ2v) is 5.96. The Morgan fingerprint density at radius 1 is 1.45 bits per heavy atom. The van der Waals surface area contributed by atoms with Crippen LogP contribution >= 0.6 is 15.9 Å². The van der Waals surface area contributed by atoms with Crippen LogP contribution in [-0.2, 0) is 9.53 Å². The summed E-state index contributed by atoms with van der Waals surface area (Å²) in [6.45, 7) is 6.02. The van der Waals surface area contributed by atoms with Gasteiger partial charge >= 0.3 is 0 Å². The van der Waals surface area contributed by atoms with Gasteiger partial charge in [0, 0.05) is 17.0 Å². The van der Waals surface area contributed by atoms with Crippen LogP contribution in [0.1, 0.15) is 39.2 Å². The molecule has 1 aromatic carbocycles. The van der Waals surface area contributed by atoms with E-state index in [1.807, 2.05) is 24.3 Å². The van der Waals surface area contributed by atoms with Gasteiger partial charge in [-0.15, -0.1) is 0 Å². The van der Waals surface area contributed by atoms with E-state index >= 15 is 0 Å². The highest BCUT2D eigenvalue weighted by atomic mass is 79.9. The summed E-state index contributed by atoms with van der Waals surface area (Å²) in [6.07, 6.45) is 3.84. The van der Waals surface area contributed by atoms with Crippen LogP contribution in [0.3, 0.4) is 0 Å². The van der Waals surface area contributed by atoms with E-state index in [1.54, 1.807) is 13.8 Å². The predicted octanol–water partition coefficient (Wildman–Crippen LogP) is 4.35. The zero-order valence-corrected chi connectivity index (χ0v) is 13.6. The molecule has 20 heavy (non-hydrogen) atoms. The van der Waals surface area contributed by atoms with Crippen LogP contribution in [0.15, 0.2) is 28.2 Å². The highest BCUT2D eigenvalue weighted by molar-refractivity contribution is 9.10. The van der Waals surface area contributed by atoms with Crippen molar-refractivity contribution in [3.05, 3.63) is 33.8 Å². The van der Waals surface area contributed by atoms with Crippen molar-refractivity contribution in [2.75, 3.05) is 6.61 Å². The van der Waals surface area contributed by atoms with Crippen molar-refractivity contribution >= 4 is 27.8 Å². The Morgan fingerprint density at radius 2 is 2.20 bits per heavy atom. The number of halogens is 1. The third-order valence-corrected chi connectivity index (χ3v) is 3.81. The summed E-state index contributed by atoms with van der Waals surface area (Å²) in [5.74, 6) is -0.297. The lowest BCUT2D eigenvalue weighted by Crippen LogP contribution is -2.42. The quantitative estimate of drug-likeness (QED) is 0.749. The summed E-state index contributed by atoms with van der Waals surface area (Å²) >= 11 is 3.43. The van der Waals surface area contributed by atoms with Gasteiger partial charge in [-0.3, -0.25) is 4.79 Å². The smallest absolute Gasteiger partial charge is 0.238 e. The Balaban J connectivity index is 2.36. The van der Waals surface area contributed by atoms with Gasteiger partial charge < -0.3 is 9.47 Å². The summed E-state index contributed by atoms with van der Waals surface area (Å²) in [5, 5.41) is 0. The van der Waals surface area contributed by atoms with E-state index in [1.165, 1.54) is 0 Å². The van der Waals surface area contributed by atoms with Crippen molar-refractivity contribution in [2.45, 2.75) is 39.4 Å². The molecule has 2 rings (SSSR count). The van der Waals surface area contributed by atoms with Crippen LogP contribution in [0, 0.1) is 0 Å². The fourth-order valence-electron chi connectivity index (χ4n) is 2.22. The first-order chi connectivity index (χ1) is 9.46. The number of ketones is 1. The van der Waals surface area contributed by atoms with Gasteiger partial charge in [0.25, 0.3) is 0 Å². The van der Waals surface area contributed by atoms with E-state index in [0.717, 1.165) is 28.6 Å². The number of Topliss-reactive ketones (excluding diaryl/α,β-unsaturated/α-hetero) is 1. The van der Waals surface area contributed by atoms with E-state index in [2.05, 4.69) is 22.9 Å². The van der Waals surface area contributed by atoms with Gasteiger partial charge in [0.2, 0.25) is 5.79 Å². The summed E-state index contributed by atoms with van der Waals surface area (Å²) < 4.78 is 12.8. The summed E-state index contributed by atoms with van der Waals surface area (Å²) in [4.78, 5) is 11.9. The highest BCUT2D eigenvalue weighted by Crippen LogP contribution is 2.38. The molecular formula is C16H19BrO3. The summed E-state index contributed by atoms with van der Waals surface area (Å²) in [7, 11) is 0. The Labute approximate surface area is 128 Å². The molecule has 0 spiro atoms. The Morgan fingerprint density at radius 3 is 2.85 bits per heavy atom. The van der Waals surface area contributed by atoms with Crippen molar-refractivity contribution in [3.63, 3.8) is 0 Å². The van der Waals surface area contributed by atoms with Crippen LogP contribution in [0.2, 0.25) is 0 Å². The van der Waals surface area contributed by atoms with Gasteiger partial charge in [-0.2, -0.15) is 0 Å². The normalized spacial score (nSPS) is 20.9. The molecule has 0 fully saturated rings. The largest absolute Gasteiger partial charge is 0.458 e. The van der Waals surface area contributed by atoms with Gasteiger partial charge in [-0.25, -0.2) is 0 Å². The molecule has 0 N–H and O–H groups in total. The van der Waals surface area contributed by atoms with Gasteiger partial charge in [0.05, 0.1) is 12.2 Å². The molecule has 0 saturated carbocycles. The molecule has 0 aliphatic carbocycles. The lowest BCUT2D eigenvalue weighted by atomic mass is 9.97. The van der Waals surface area contributed by atoms with E-state index in [0.29, 0.717) is 12.2 Å². The number of rotatable bonds is 5. The third-order valence-electron chi connectivity index (χ3n) is 3.32. The van der Waals surface area contributed by atoms with E-state index < -0.39 is 5.79 Å². The first-order valence-corrected chi connectivity index (χ1v) is 7.61. The maximum Gasteiger partial charge on any atom is 0.238 e. The Bertz CT molecular complexity index is 551. The van der Waals surface area contributed by atoms with Crippen molar-refractivity contribution in [1.29, 1.82) is 0 Å². The van der Waals surface area contributed by atoms with Crippen LogP contribution in [-0.4, -0.2) is 18.2 Å². The Kier molecular flexibility index (Phi) is 4.66. The van der Waals surface area contributed by atoms with Gasteiger partial charge in [-0.05, 0) is 37.6 Å². The molecule has 1 heterocycles. The number of unbranched alkanes of at least 4 members (excludes halogenated alkanes) is 1. The third kappa shape index (κ3) is 3.13. The van der Waals surface area contributed by atoms with Gasteiger partial charge in [0.15, 0.2) is 5.78 Å². The van der Waals surface area contributed by atoms with Crippen molar-refractivity contribution in [3.8, 4) is 5.75 Å². The number of hydrogen-bond acceptors (Lipinski definition) is 3. The standard InChI is InChI=1S/C16H19BrO3/c1-4-5-8-19-16(3)14(11(2)18)10-12-9-13(17)6-7-15(12)20-16/h6-7,9-10H,4-5,8H2,1-3H3. The second kappa shape index (κ2) is 6.10. The SMILES string of the molecule is CCCCOC1(C)Oc2ccc(Br)cc2C=C1C(C)=O. The number of hydrogen-bond donors (Lipinski definition) is 0. The first-order valence-electron chi connectivity index (χ1n) is 6.82. The van der Waals surface area contributed by atoms with Crippen LogP contribution < -0.4 is 4.74 Å². The van der Waals surface area contributed by atoms with E-state index in [-0.39, 0.29) is 5.78 Å². The molecular weight excluding hydrogens is 320 g/mol. The molecule has 0 saturated heterocycles. The fourth-order valence-corrected chi connectivity index (χ4v) is 2.60. The van der Waals surface area contributed by atoms with Gasteiger partial charge in [0.1, 0.15) is 5.75 Å². The average Bonchev–Trinajstić information content (AvgIpc) is 2.38. The minimum Gasteiger partial charge on any atom is -0.458 e. The van der Waals surface area contributed by atoms with Crippen molar-refractivity contribution in [1.82, 2.24) is 0 Å². The first kappa shape index (κ1) is 15.3. The summed E-state index contributed by atoms with van der Waals surface area (Å²) in [6, 6.07) is 5.73. The molecule has 1 unspecified atom stereocenters. The monoisotopic (exact) mass is 338 g/mol. The van der Waals surface area contributed by atoms with Crippen LogP contribution in [0.5, 0.6) is 5.75 Å². The van der Waals surface area contributed by atoms with Crippen molar-refractivity contribution < 1.29 is 14.3 Å². The average molecular weight is 339 g/mol. The van der Waals surface area contributed by atoms with Gasteiger partial charge in [-0.1, -0.05) is 29.3 Å². The predicted molar refractivity (Wildman–Crippen MR) is 82.7 cm³/mol. The molecule has 1 aliphatic heterocycles. The number of carbonyl (C=O) groups excluding carboxylic acids is 1. The minimum atomic E-state index is -0.998. The molecule has 108 valence electrons. The molecule has 1 aliphatic rings. The van der Waals surface area contributed by atoms with Crippen LogP contribution in [0.25, 0.3) is 6.08 Å². The maximum atomic E-state index is 11.9. The molecule has 3 nitrogen and oxygen atoms in total. The lowest BCUT2D eigenvalue weighted by molar-refractivity contribution is -0.151. The number of fused-ring (bicyclic) bond motifs is 1. The number of ether oxygens (including phenoxy) is 2. The van der Waals surface area contributed by atoms with E-state index in [9.17, 15) is 4.79 Å². The van der Waals surface area contributed by atoms with Crippen LogP contribution in [0.4, 0.5) is 0 Å². The molecule has 0 radical (unpaired) electrons. The molecule has 0 amide bonds. The molecule has 1 aromatic rings. The topological polar surface area (TPSA) is 35.5 Å². The zero-order valence-electron chi connectivity index (χ0n) is 12.0. The zero-order chi connectivity index (χ0) is 14.8. The molecule has 0 bridgehead atoms. The Hall–Kier alpha value is -1.13. The number of carbonyl (C=O) groups is 1. The van der Waals surface area contributed by atoms with E-state index in [4.69, 9.17) is 9.47 Å².